The predicted octanol–water partition coefficient (Wildman–Crippen LogP) is 3.61. The van der Waals surface area contributed by atoms with Crippen LogP contribution in [0.2, 0.25) is 0 Å². The highest BCUT2D eigenvalue weighted by molar-refractivity contribution is 6.05. The number of anilines is 1. The molecule has 2 atom stereocenters. The van der Waals surface area contributed by atoms with E-state index >= 15 is 0 Å². The number of ether oxygens (including phenoxy) is 1. The number of hydrogen-bond acceptors (Lipinski definition) is 5. The molecule has 1 aliphatic rings. The van der Waals surface area contributed by atoms with E-state index in [1.165, 1.54) is 15.7 Å². The number of hydrogen-bond donors (Lipinski definition) is 4. The second kappa shape index (κ2) is 10.7. The minimum atomic E-state index is -0.738. The van der Waals surface area contributed by atoms with Gasteiger partial charge in [0.25, 0.3) is 0 Å². The van der Waals surface area contributed by atoms with Gasteiger partial charge < -0.3 is 31.7 Å². The fourth-order valence-electron chi connectivity index (χ4n) is 4.64. The van der Waals surface area contributed by atoms with Gasteiger partial charge in [-0.05, 0) is 42.3 Å². The van der Waals surface area contributed by atoms with Crippen LogP contribution >= 0.6 is 0 Å². The number of benzene rings is 3. The van der Waals surface area contributed by atoms with Crippen LogP contribution in [0.4, 0.5) is 15.3 Å². The van der Waals surface area contributed by atoms with E-state index in [9.17, 15) is 14.4 Å². The maximum Gasteiger partial charge on any atom is 0.323 e. The lowest BCUT2D eigenvalue weighted by Crippen LogP contribution is -2.47. The minimum absolute atomic E-state index is 0.221. The van der Waals surface area contributed by atoms with Gasteiger partial charge in [0, 0.05) is 30.7 Å². The Morgan fingerprint density at radius 3 is 2.47 bits per heavy atom. The van der Waals surface area contributed by atoms with Crippen LogP contribution in [0.25, 0.3) is 10.9 Å². The van der Waals surface area contributed by atoms with Gasteiger partial charge >= 0.3 is 12.1 Å². The number of aromatic nitrogens is 1. The van der Waals surface area contributed by atoms with Crippen molar-refractivity contribution >= 4 is 34.6 Å². The van der Waals surface area contributed by atoms with Crippen molar-refractivity contribution in [2.75, 3.05) is 11.9 Å². The Hall–Kier alpha value is -4.83. The highest BCUT2D eigenvalue weighted by Crippen LogP contribution is 2.27. The number of urea groups is 1. The Morgan fingerprint density at radius 2 is 1.68 bits per heavy atom. The molecule has 10 nitrogen and oxygen atoms in total. The van der Waals surface area contributed by atoms with Gasteiger partial charge in [-0.1, -0.05) is 48.5 Å². The number of likely N-dealkylation sites (tertiary alicyclic amines) is 1. The summed E-state index contributed by atoms with van der Waals surface area (Å²) in [6, 6.07) is 21.7. The number of rotatable bonds is 6. The summed E-state index contributed by atoms with van der Waals surface area (Å²) in [6.07, 6.45) is 1.81. The van der Waals surface area contributed by atoms with Crippen molar-refractivity contribution < 1.29 is 19.1 Å². The molecule has 194 valence electrons. The van der Waals surface area contributed by atoms with Crippen LogP contribution in [0, 0.1) is 0 Å². The molecule has 0 radical (unpaired) electrons. The molecule has 4 amide bonds. The second-order valence-electron chi connectivity index (χ2n) is 9.14. The summed E-state index contributed by atoms with van der Waals surface area (Å²) >= 11 is 0. The van der Waals surface area contributed by atoms with E-state index in [0.29, 0.717) is 34.5 Å². The summed E-state index contributed by atoms with van der Waals surface area (Å²) < 4.78 is 7.14. The van der Waals surface area contributed by atoms with E-state index in [1.807, 2.05) is 54.6 Å². The number of primary amides is 1. The van der Waals surface area contributed by atoms with E-state index in [-0.39, 0.29) is 25.0 Å². The van der Waals surface area contributed by atoms with Gasteiger partial charge in [-0.3, -0.25) is 9.36 Å². The van der Waals surface area contributed by atoms with Crippen LogP contribution < -0.4 is 26.8 Å². The van der Waals surface area contributed by atoms with E-state index in [4.69, 9.17) is 16.2 Å². The maximum absolute atomic E-state index is 13.2. The average molecular weight is 513 g/mol. The zero-order chi connectivity index (χ0) is 26.6. The van der Waals surface area contributed by atoms with Crippen LogP contribution in [-0.4, -0.2) is 46.1 Å². The van der Waals surface area contributed by atoms with Crippen molar-refractivity contribution in [3.63, 3.8) is 0 Å². The molecule has 1 saturated heterocycles. The third-order valence-electron chi connectivity index (χ3n) is 6.43. The molecule has 1 aromatic heterocycles. The lowest BCUT2D eigenvalue weighted by Gasteiger charge is -2.24. The Kier molecular flexibility index (Phi) is 6.96. The Labute approximate surface area is 219 Å². The molecule has 4 aromatic rings. The molecular formula is C28H28N6O4. The van der Waals surface area contributed by atoms with Crippen LogP contribution in [-0.2, 0) is 11.3 Å². The first kappa shape index (κ1) is 24.8. The molecule has 1 aliphatic heterocycles. The van der Waals surface area contributed by atoms with Gasteiger partial charge in [0.1, 0.15) is 17.5 Å². The normalized spacial score (nSPS) is 16.8. The van der Waals surface area contributed by atoms with E-state index in [2.05, 4.69) is 10.6 Å². The summed E-state index contributed by atoms with van der Waals surface area (Å²) in [7, 11) is 0. The summed E-state index contributed by atoms with van der Waals surface area (Å²) in [5, 5.41) is 6.39. The number of fused-ring (bicyclic) bond motifs is 1. The van der Waals surface area contributed by atoms with Crippen molar-refractivity contribution in [1.82, 2.24) is 14.8 Å². The average Bonchev–Trinajstić information content (AvgIpc) is 3.49. The summed E-state index contributed by atoms with van der Waals surface area (Å²) in [4.78, 5) is 39.6. The number of nitrogens with zero attached hydrogens (tertiary/aromatic N) is 2. The zero-order valence-electron chi connectivity index (χ0n) is 20.5. The van der Waals surface area contributed by atoms with Crippen molar-refractivity contribution in [3.05, 3.63) is 90.6 Å². The fourth-order valence-corrected chi connectivity index (χ4v) is 4.64. The minimum Gasteiger partial charge on any atom is -0.457 e. The second-order valence-corrected chi connectivity index (χ2v) is 9.14. The molecule has 0 saturated carbocycles. The highest BCUT2D eigenvalue weighted by Gasteiger charge is 2.38. The van der Waals surface area contributed by atoms with Crippen LogP contribution in [0.15, 0.2) is 85.1 Å². The number of amides is 4. The molecule has 1 fully saturated rings. The molecule has 6 N–H and O–H groups in total. The standard InChI is InChI=1S/C28H28N6O4/c29-19-14-25(26(35)31-15-18-7-6-10-21(13-18)38-20-8-2-1-3-9-20)34(16-19)28(37)32-23-17-33(27(30)36)24-12-5-4-11-22(23)24/h1-13,17,19,25H,14-16,29H2,(H2,30,36)(H,31,35)(H,32,37)/t19-,25+/m1/s1. The Morgan fingerprint density at radius 1 is 0.947 bits per heavy atom. The molecule has 0 aliphatic carbocycles. The molecule has 2 heterocycles. The quantitative estimate of drug-likeness (QED) is 0.312. The van der Waals surface area contributed by atoms with Crippen LogP contribution in [0.1, 0.15) is 12.0 Å². The van der Waals surface area contributed by atoms with Gasteiger partial charge in [0.2, 0.25) is 5.91 Å². The third kappa shape index (κ3) is 5.30. The number of carbonyl (C=O) groups is 3. The molecule has 0 spiro atoms. The topological polar surface area (TPSA) is 145 Å². The first-order chi connectivity index (χ1) is 18.4. The molecule has 0 unspecified atom stereocenters. The maximum atomic E-state index is 13.2. The van der Waals surface area contributed by atoms with Gasteiger partial charge in [-0.2, -0.15) is 0 Å². The van der Waals surface area contributed by atoms with Gasteiger partial charge in [-0.25, -0.2) is 9.59 Å². The number of nitrogens with one attached hydrogen (secondary N) is 2. The molecular weight excluding hydrogens is 484 g/mol. The zero-order valence-corrected chi connectivity index (χ0v) is 20.5. The van der Waals surface area contributed by atoms with Gasteiger partial charge in [-0.15, -0.1) is 0 Å². The molecule has 38 heavy (non-hydrogen) atoms. The van der Waals surface area contributed by atoms with E-state index in [0.717, 1.165) is 5.56 Å². The molecule has 3 aromatic carbocycles. The smallest absolute Gasteiger partial charge is 0.323 e. The van der Waals surface area contributed by atoms with Crippen molar-refractivity contribution in [3.8, 4) is 11.5 Å². The third-order valence-corrected chi connectivity index (χ3v) is 6.43. The Bertz CT molecular complexity index is 1490. The van der Waals surface area contributed by atoms with Gasteiger partial charge in [0.05, 0.1) is 11.2 Å². The predicted molar refractivity (Wildman–Crippen MR) is 144 cm³/mol. The van der Waals surface area contributed by atoms with E-state index in [1.54, 1.807) is 24.3 Å². The molecule has 10 heteroatoms. The van der Waals surface area contributed by atoms with Gasteiger partial charge in [0.15, 0.2) is 0 Å². The summed E-state index contributed by atoms with van der Waals surface area (Å²) in [6.45, 7) is 0.483. The molecule has 0 bridgehead atoms. The first-order valence-corrected chi connectivity index (χ1v) is 12.2. The summed E-state index contributed by atoms with van der Waals surface area (Å²) in [5.41, 5.74) is 13.5. The van der Waals surface area contributed by atoms with Crippen molar-refractivity contribution in [1.29, 1.82) is 0 Å². The number of nitrogens with two attached hydrogens (primary N) is 2. The van der Waals surface area contributed by atoms with E-state index < -0.39 is 18.1 Å². The van der Waals surface area contributed by atoms with Crippen LogP contribution in [0.5, 0.6) is 11.5 Å². The SMILES string of the molecule is NC(=O)n1cc(NC(=O)N2C[C@H](N)C[C@H]2C(=O)NCc2cccc(Oc3ccccc3)c2)c2ccccc21. The lowest BCUT2D eigenvalue weighted by molar-refractivity contribution is -0.124. The summed E-state index contributed by atoms with van der Waals surface area (Å²) in [5.74, 6) is 1.07. The largest absolute Gasteiger partial charge is 0.457 e. The number of carbonyl (C=O) groups excluding carboxylic acids is 3. The van der Waals surface area contributed by atoms with Crippen molar-refractivity contribution in [2.24, 2.45) is 11.5 Å². The number of para-hydroxylation sites is 2. The first-order valence-electron chi connectivity index (χ1n) is 12.2. The van der Waals surface area contributed by atoms with Crippen LogP contribution in [0.3, 0.4) is 0 Å². The molecule has 5 rings (SSSR count). The van der Waals surface area contributed by atoms with Crippen molar-refractivity contribution in [2.45, 2.75) is 25.0 Å². The lowest BCUT2D eigenvalue weighted by atomic mass is 10.1. The highest BCUT2D eigenvalue weighted by atomic mass is 16.5. The Balaban J connectivity index is 1.25. The monoisotopic (exact) mass is 512 g/mol. The fraction of sp³-hybridized carbons (Fsp3) is 0.179.